The molecular weight excluding hydrogens is 274 g/mol. The first-order valence-electron chi connectivity index (χ1n) is 8.25. The molecule has 1 saturated heterocycles. The monoisotopic (exact) mass is 305 g/mol. The van der Waals surface area contributed by atoms with E-state index in [0.29, 0.717) is 5.41 Å². The maximum absolute atomic E-state index is 4.45. The van der Waals surface area contributed by atoms with Crippen molar-refractivity contribution in [2.24, 2.45) is 10.4 Å². The first-order chi connectivity index (χ1) is 10.3. The second-order valence-corrected chi connectivity index (χ2v) is 7.38. The summed E-state index contributed by atoms with van der Waals surface area (Å²) in [6.07, 6.45) is 6.19. The Morgan fingerprint density at radius 2 is 2.05 bits per heavy atom. The van der Waals surface area contributed by atoms with Crippen LogP contribution in [0, 0.1) is 12.3 Å². The van der Waals surface area contributed by atoms with Gasteiger partial charge in [0.25, 0.3) is 0 Å². The average Bonchev–Trinajstić information content (AvgIpc) is 2.86. The molecule has 0 spiro atoms. The summed E-state index contributed by atoms with van der Waals surface area (Å²) in [5, 5.41) is 3.51. The van der Waals surface area contributed by atoms with Crippen molar-refractivity contribution in [2.45, 2.75) is 59.5 Å². The lowest BCUT2D eigenvalue weighted by Crippen LogP contribution is -2.72. The van der Waals surface area contributed by atoms with Crippen LogP contribution in [0.15, 0.2) is 17.4 Å². The predicted octanol–water partition coefficient (Wildman–Crippen LogP) is 2.67. The number of aromatic nitrogens is 2. The number of imidazole rings is 1. The quantitative estimate of drug-likeness (QED) is 0.517. The second kappa shape index (κ2) is 6.31. The van der Waals surface area contributed by atoms with Gasteiger partial charge in [0.15, 0.2) is 5.96 Å². The fraction of sp³-hybridized carbons (Fsp3) is 0.765. The fourth-order valence-corrected chi connectivity index (χ4v) is 2.94. The van der Waals surface area contributed by atoms with E-state index in [1.165, 1.54) is 0 Å². The molecule has 22 heavy (non-hydrogen) atoms. The summed E-state index contributed by atoms with van der Waals surface area (Å²) in [6, 6.07) is 0. The molecule has 1 aromatic rings. The molecule has 0 radical (unpaired) electrons. The molecule has 1 N–H and O–H groups in total. The Morgan fingerprint density at radius 1 is 1.32 bits per heavy atom. The predicted molar refractivity (Wildman–Crippen MR) is 92.1 cm³/mol. The van der Waals surface area contributed by atoms with Gasteiger partial charge in [-0.05, 0) is 33.6 Å². The SMILES string of the molecule is CN=C(NCCCCn1ccnc1C)N1CC(C)(C)C1(C)C. The second-order valence-electron chi connectivity index (χ2n) is 7.38. The summed E-state index contributed by atoms with van der Waals surface area (Å²) < 4.78 is 2.20. The summed E-state index contributed by atoms with van der Waals surface area (Å²) >= 11 is 0. The van der Waals surface area contributed by atoms with Gasteiger partial charge >= 0.3 is 0 Å². The van der Waals surface area contributed by atoms with Crippen molar-refractivity contribution in [1.82, 2.24) is 19.8 Å². The highest BCUT2D eigenvalue weighted by atomic mass is 15.4. The van der Waals surface area contributed by atoms with Gasteiger partial charge in [0, 0.05) is 50.0 Å². The number of aliphatic imine (C=N–C) groups is 1. The van der Waals surface area contributed by atoms with Gasteiger partial charge in [-0.1, -0.05) is 13.8 Å². The Bertz CT molecular complexity index is 527. The number of nitrogens with one attached hydrogen (secondary N) is 1. The maximum Gasteiger partial charge on any atom is 0.194 e. The van der Waals surface area contributed by atoms with Crippen molar-refractivity contribution in [3.05, 3.63) is 18.2 Å². The summed E-state index contributed by atoms with van der Waals surface area (Å²) in [7, 11) is 1.87. The Morgan fingerprint density at radius 3 is 2.55 bits per heavy atom. The number of likely N-dealkylation sites (tertiary alicyclic amines) is 1. The Kier molecular flexibility index (Phi) is 4.83. The highest BCUT2D eigenvalue weighted by Gasteiger charge is 2.53. The van der Waals surface area contributed by atoms with Gasteiger partial charge in [0.2, 0.25) is 0 Å². The third-order valence-electron chi connectivity index (χ3n) is 5.38. The lowest BCUT2D eigenvalue weighted by molar-refractivity contribution is -0.0667. The Hall–Kier alpha value is -1.52. The summed E-state index contributed by atoms with van der Waals surface area (Å²) in [4.78, 5) is 11.1. The third kappa shape index (κ3) is 3.13. The van der Waals surface area contributed by atoms with Crippen LogP contribution in [0.2, 0.25) is 0 Å². The van der Waals surface area contributed by atoms with Crippen molar-refractivity contribution < 1.29 is 0 Å². The van der Waals surface area contributed by atoms with E-state index in [4.69, 9.17) is 0 Å². The van der Waals surface area contributed by atoms with Gasteiger partial charge in [-0.2, -0.15) is 0 Å². The van der Waals surface area contributed by atoms with Crippen LogP contribution in [0.1, 0.15) is 46.4 Å². The molecule has 0 saturated carbocycles. The van der Waals surface area contributed by atoms with Crippen LogP contribution in [-0.4, -0.2) is 46.1 Å². The van der Waals surface area contributed by atoms with Crippen LogP contribution >= 0.6 is 0 Å². The standard InChI is InChI=1S/C17H31N5/c1-14-19-10-12-21(14)11-8-7-9-20-15(18-6)22-13-16(2,3)17(22,4)5/h10,12H,7-9,11,13H2,1-6H3,(H,18,20). The molecule has 0 atom stereocenters. The lowest BCUT2D eigenvalue weighted by atomic mass is 9.65. The molecule has 0 aliphatic carbocycles. The lowest BCUT2D eigenvalue weighted by Gasteiger charge is -2.62. The van der Waals surface area contributed by atoms with E-state index in [1.807, 2.05) is 26.4 Å². The topological polar surface area (TPSA) is 45.5 Å². The van der Waals surface area contributed by atoms with Gasteiger partial charge in [-0.25, -0.2) is 4.98 Å². The largest absolute Gasteiger partial charge is 0.356 e. The molecule has 1 aliphatic heterocycles. The van der Waals surface area contributed by atoms with Gasteiger partial charge in [-0.15, -0.1) is 0 Å². The fourth-order valence-electron chi connectivity index (χ4n) is 2.94. The molecule has 0 bridgehead atoms. The number of guanidine groups is 1. The molecule has 1 aliphatic rings. The number of hydrogen-bond acceptors (Lipinski definition) is 2. The normalized spacial score (nSPS) is 19.9. The summed E-state index contributed by atoms with van der Waals surface area (Å²) in [6.45, 7) is 14.4. The zero-order valence-corrected chi connectivity index (χ0v) is 15.0. The third-order valence-corrected chi connectivity index (χ3v) is 5.38. The zero-order chi connectivity index (χ0) is 16.4. The molecule has 0 amide bonds. The van der Waals surface area contributed by atoms with Crippen molar-refractivity contribution in [3.63, 3.8) is 0 Å². The molecule has 0 aromatic carbocycles. The molecule has 124 valence electrons. The number of rotatable bonds is 5. The van der Waals surface area contributed by atoms with Crippen LogP contribution in [-0.2, 0) is 6.54 Å². The Labute approximate surface area is 134 Å². The summed E-state index contributed by atoms with van der Waals surface area (Å²) in [5.74, 6) is 2.12. The van der Waals surface area contributed by atoms with Crippen molar-refractivity contribution in [3.8, 4) is 0 Å². The Balaban J connectivity index is 1.73. The maximum atomic E-state index is 4.45. The van der Waals surface area contributed by atoms with Crippen molar-refractivity contribution in [2.75, 3.05) is 20.1 Å². The van der Waals surface area contributed by atoms with Crippen LogP contribution in [0.25, 0.3) is 0 Å². The van der Waals surface area contributed by atoms with Gasteiger partial charge in [0.1, 0.15) is 5.82 Å². The molecule has 2 rings (SSSR count). The molecular formula is C17H31N5. The highest BCUT2D eigenvalue weighted by molar-refractivity contribution is 5.81. The molecule has 2 heterocycles. The van der Waals surface area contributed by atoms with E-state index in [2.05, 4.69) is 52.5 Å². The van der Waals surface area contributed by atoms with E-state index < -0.39 is 0 Å². The van der Waals surface area contributed by atoms with E-state index in [9.17, 15) is 0 Å². The number of aryl methyl sites for hydroxylation is 2. The van der Waals surface area contributed by atoms with Crippen LogP contribution in [0.4, 0.5) is 0 Å². The summed E-state index contributed by atoms with van der Waals surface area (Å²) in [5.41, 5.74) is 0.492. The first-order valence-corrected chi connectivity index (χ1v) is 8.25. The van der Waals surface area contributed by atoms with Crippen LogP contribution < -0.4 is 5.32 Å². The molecule has 1 aromatic heterocycles. The molecule has 5 heteroatoms. The number of hydrogen-bond donors (Lipinski definition) is 1. The van der Waals surface area contributed by atoms with E-state index in [-0.39, 0.29) is 5.54 Å². The van der Waals surface area contributed by atoms with Crippen molar-refractivity contribution >= 4 is 5.96 Å². The van der Waals surface area contributed by atoms with E-state index >= 15 is 0 Å². The van der Waals surface area contributed by atoms with Crippen LogP contribution in [0.5, 0.6) is 0 Å². The number of nitrogens with zero attached hydrogens (tertiary/aromatic N) is 4. The number of unbranched alkanes of at least 4 members (excludes halogenated alkanes) is 1. The molecule has 1 fully saturated rings. The van der Waals surface area contributed by atoms with E-state index in [1.54, 1.807) is 0 Å². The minimum Gasteiger partial charge on any atom is -0.356 e. The minimum absolute atomic E-state index is 0.156. The molecule has 0 unspecified atom stereocenters. The smallest absolute Gasteiger partial charge is 0.194 e. The van der Waals surface area contributed by atoms with Crippen molar-refractivity contribution in [1.29, 1.82) is 0 Å². The van der Waals surface area contributed by atoms with Gasteiger partial charge in [0.05, 0.1) is 0 Å². The van der Waals surface area contributed by atoms with Gasteiger partial charge < -0.3 is 14.8 Å². The van der Waals surface area contributed by atoms with E-state index in [0.717, 1.165) is 44.3 Å². The van der Waals surface area contributed by atoms with Crippen LogP contribution in [0.3, 0.4) is 0 Å². The zero-order valence-electron chi connectivity index (χ0n) is 15.0. The van der Waals surface area contributed by atoms with Gasteiger partial charge in [-0.3, -0.25) is 4.99 Å². The first kappa shape index (κ1) is 16.8. The molecule has 5 nitrogen and oxygen atoms in total. The minimum atomic E-state index is 0.156. The highest BCUT2D eigenvalue weighted by Crippen LogP contribution is 2.46. The average molecular weight is 305 g/mol.